The van der Waals surface area contributed by atoms with Crippen LogP contribution in [-0.2, 0) is 26.9 Å². The predicted molar refractivity (Wildman–Crippen MR) is 113 cm³/mol. The average molecular weight is 444 g/mol. The molecule has 0 unspecified atom stereocenters. The number of nitrogens with one attached hydrogen (secondary N) is 1. The van der Waals surface area contributed by atoms with Crippen LogP contribution in [0.4, 0.5) is 4.39 Å². The molecule has 1 aromatic carbocycles. The number of rotatable bonds is 9. The maximum Gasteiger partial charge on any atom is 0.245 e. The SMILES string of the molecule is C[C@H](CC1CC1)N(C#N)S(=O)(=O)C[C@](C)(N[S@+]([O-])C(C)(C)C)c1ccccc1F. The van der Waals surface area contributed by atoms with E-state index in [1.165, 1.54) is 25.1 Å². The van der Waals surface area contributed by atoms with Crippen molar-refractivity contribution in [3.05, 3.63) is 35.6 Å². The second-order valence-electron chi connectivity index (χ2n) is 8.98. The standard InChI is InChI=1S/C20H30FN3O3S2/c1-15(12-16-10-11-16)24(14-22)29(26,27)13-20(5,23-28(25)19(2,3)4)17-8-6-7-9-18(17)21/h6-9,15-16,23H,10-13H2,1-5H3/t15-,20+,28-/m1/s1. The Labute approximate surface area is 176 Å². The van der Waals surface area contributed by atoms with Gasteiger partial charge >= 0.3 is 0 Å². The first-order valence-electron chi connectivity index (χ1n) is 9.67. The van der Waals surface area contributed by atoms with Gasteiger partial charge in [0.1, 0.15) is 16.1 Å². The Kier molecular flexibility index (Phi) is 7.26. The van der Waals surface area contributed by atoms with Crippen LogP contribution in [0.1, 0.15) is 59.4 Å². The highest BCUT2D eigenvalue weighted by atomic mass is 32.2. The van der Waals surface area contributed by atoms with Gasteiger partial charge in [0.2, 0.25) is 10.0 Å². The molecule has 0 aromatic heterocycles. The van der Waals surface area contributed by atoms with Gasteiger partial charge in [-0.3, -0.25) is 0 Å². The van der Waals surface area contributed by atoms with Gasteiger partial charge in [0.05, 0.1) is 11.8 Å². The fourth-order valence-corrected chi connectivity index (χ4v) is 6.07. The summed E-state index contributed by atoms with van der Waals surface area (Å²) in [6.07, 6.45) is 4.50. The largest absolute Gasteiger partial charge is 0.598 e. The molecule has 162 valence electrons. The van der Waals surface area contributed by atoms with E-state index in [9.17, 15) is 22.6 Å². The topological polar surface area (TPSA) is 96.3 Å². The molecule has 29 heavy (non-hydrogen) atoms. The normalized spacial score (nSPS) is 19.1. The molecule has 9 heteroatoms. The monoisotopic (exact) mass is 443 g/mol. The molecule has 0 aliphatic heterocycles. The van der Waals surface area contributed by atoms with Crippen molar-refractivity contribution in [2.45, 2.75) is 70.2 Å². The Bertz CT molecular complexity index is 862. The zero-order chi connectivity index (χ0) is 22.0. The summed E-state index contributed by atoms with van der Waals surface area (Å²) in [5, 5.41) is 9.54. The number of benzene rings is 1. The van der Waals surface area contributed by atoms with E-state index >= 15 is 0 Å². The molecule has 0 spiro atoms. The van der Waals surface area contributed by atoms with Crippen LogP contribution in [-0.4, -0.2) is 33.8 Å². The van der Waals surface area contributed by atoms with Gasteiger partial charge < -0.3 is 4.55 Å². The minimum absolute atomic E-state index is 0.0916. The van der Waals surface area contributed by atoms with Crippen LogP contribution in [0.5, 0.6) is 0 Å². The molecular formula is C20H30FN3O3S2. The van der Waals surface area contributed by atoms with Crippen molar-refractivity contribution in [1.29, 1.82) is 5.26 Å². The fraction of sp³-hybridized carbons (Fsp3) is 0.650. The molecule has 0 heterocycles. The van der Waals surface area contributed by atoms with E-state index in [4.69, 9.17) is 0 Å². The number of halogens is 1. The molecule has 2 rings (SSSR count). The number of sulfonamides is 1. The highest BCUT2D eigenvalue weighted by Gasteiger charge is 2.44. The zero-order valence-corrected chi connectivity index (χ0v) is 19.2. The van der Waals surface area contributed by atoms with Crippen LogP contribution in [0.25, 0.3) is 0 Å². The summed E-state index contributed by atoms with van der Waals surface area (Å²) >= 11 is -1.66. The smallest absolute Gasteiger partial charge is 0.245 e. The fourth-order valence-electron chi connectivity index (χ4n) is 3.23. The second-order valence-corrected chi connectivity index (χ2v) is 12.8. The molecule has 6 nitrogen and oxygen atoms in total. The Morgan fingerprint density at radius 1 is 1.34 bits per heavy atom. The summed E-state index contributed by atoms with van der Waals surface area (Å²) in [6, 6.07) is 5.34. The summed E-state index contributed by atoms with van der Waals surface area (Å²) in [6.45, 7) is 8.44. The Morgan fingerprint density at radius 3 is 2.41 bits per heavy atom. The van der Waals surface area contributed by atoms with Gasteiger partial charge in [-0.05, 0) is 53.0 Å². The van der Waals surface area contributed by atoms with Crippen LogP contribution in [0, 0.1) is 23.2 Å². The van der Waals surface area contributed by atoms with E-state index in [2.05, 4.69) is 4.72 Å². The van der Waals surface area contributed by atoms with Crippen LogP contribution in [0.2, 0.25) is 0 Å². The first-order valence-corrected chi connectivity index (χ1v) is 12.4. The summed E-state index contributed by atoms with van der Waals surface area (Å²) in [5.74, 6) is -0.746. The first kappa shape index (κ1) is 23.9. The molecule has 0 amide bonds. The van der Waals surface area contributed by atoms with E-state index in [-0.39, 0.29) is 5.56 Å². The van der Waals surface area contributed by atoms with Gasteiger partial charge in [-0.2, -0.15) is 5.26 Å². The predicted octanol–water partition coefficient (Wildman–Crippen LogP) is 3.39. The summed E-state index contributed by atoms with van der Waals surface area (Å²) < 4.78 is 56.7. The summed E-state index contributed by atoms with van der Waals surface area (Å²) in [5.41, 5.74) is -1.40. The molecule has 0 bridgehead atoms. The van der Waals surface area contributed by atoms with Crippen LogP contribution in [0.3, 0.4) is 0 Å². The zero-order valence-electron chi connectivity index (χ0n) is 17.6. The van der Waals surface area contributed by atoms with E-state index < -0.39 is 49.3 Å². The molecule has 3 atom stereocenters. The Balaban J connectivity index is 2.40. The summed E-state index contributed by atoms with van der Waals surface area (Å²) in [7, 11) is -4.09. The van der Waals surface area contributed by atoms with Gasteiger partial charge in [0, 0.05) is 16.9 Å². The van der Waals surface area contributed by atoms with Gasteiger partial charge in [-0.1, -0.05) is 31.0 Å². The lowest BCUT2D eigenvalue weighted by molar-refractivity contribution is 0.380. The average Bonchev–Trinajstić information content (AvgIpc) is 3.37. The lowest BCUT2D eigenvalue weighted by Crippen LogP contribution is -2.55. The van der Waals surface area contributed by atoms with Gasteiger partial charge in [-0.25, -0.2) is 17.1 Å². The lowest BCUT2D eigenvalue weighted by atomic mass is 9.95. The molecule has 1 N–H and O–H groups in total. The molecule has 0 saturated heterocycles. The third-order valence-electron chi connectivity index (χ3n) is 4.98. The van der Waals surface area contributed by atoms with Crippen LogP contribution >= 0.6 is 0 Å². The Morgan fingerprint density at radius 2 is 1.93 bits per heavy atom. The lowest BCUT2D eigenvalue weighted by Gasteiger charge is -2.36. The molecule has 1 aliphatic rings. The third-order valence-corrected chi connectivity index (χ3v) is 8.71. The number of hydrogen-bond donors (Lipinski definition) is 1. The van der Waals surface area contributed by atoms with E-state index in [1.807, 2.05) is 0 Å². The van der Waals surface area contributed by atoms with Gasteiger partial charge in [0.25, 0.3) is 0 Å². The van der Waals surface area contributed by atoms with Gasteiger partial charge in [-0.15, -0.1) is 4.72 Å². The molecule has 1 saturated carbocycles. The quantitative estimate of drug-likeness (QED) is 0.358. The van der Waals surface area contributed by atoms with Crippen molar-refractivity contribution in [2.24, 2.45) is 5.92 Å². The van der Waals surface area contributed by atoms with E-state index in [0.29, 0.717) is 12.3 Å². The van der Waals surface area contributed by atoms with Crippen molar-refractivity contribution >= 4 is 21.4 Å². The minimum atomic E-state index is -4.09. The highest BCUT2D eigenvalue weighted by Crippen LogP contribution is 2.36. The Hall–Kier alpha value is -1.34. The number of nitrogens with zero attached hydrogens (tertiary/aromatic N) is 2. The maximum absolute atomic E-state index is 14.6. The molecule has 1 aromatic rings. The van der Waals surface area contributed by atoms with Crippen LogP contribution in [0.15, 0.2) is 24.3 Å². The number of hydrogen-bond acceptors (Lipinski definition) is 5. The highest BCUT2D eigenvalue weighted by molar-refractivity contribution is 7.91. The first-order chi connectivity index (χ1) is 13.3. The third kappa shape index (κ3) is 6.07. The van der Waals surface area contributed by atoms with Crippen molar-refractivity contribution in [3.8, 4) is 6.19 Å². The maximum atomic E-state index is 14.6. The minimum Gasteiger partial charge on any atom is -0.598 e. The van der Waals surface area contributed by atoms with E-state index in [0.717, 1.165) is 17.1 Å². The molecule has 0 radical (unpaired) electrons. The van der Waals surface area contributed by atoms with Crippen molar-refractivity contribution in [2.75, 3.05) is 5.75 Å². The van der Waals surface area contributed by atoms with Crippen LogP contribution < -0.4 is 4.72 Å². The second kappa shape index (κ2) is 8.80. The summed E-state index contributed by atoms with van der Waals surface area (Å²) in [4.78, 5) is 0. The molecule has 1 aliphatic carbocycles. The van der Waals surface area contributed by atoms with Crippen molar-refractivity contribution in [1.82, 2.24) is 9.03 Å². The number of nitriles is 1. The van der Waals surface area contributed by atoms with Crippen molar-refractivity contribution in [3.63, 3.8) is 0 Å². The van der Waals surface area contributed by atoms with Gasteiger partial charge in [0.15, 0.2) is 6.19 Å². The molecular weight excluding hydrogens is 413 g/mol. The van der Waals surface area contributed by atoms with E-state index in [1.54, 1.807) is 40.0 Å². The molecule has 1 fully saturated rings. The van der Waals surface area contributed by atoms with Crippen molar-refractivity contribution < 1.29 is 17.4 Å².